The largest absolute Gasteiger partial charge is 0.492 e. The predicted molar refractivity (Wildman–Crippen MR) is 94.2 cm³/mol. The molecular weight excluding hydrogens is 318 g/mol. The van der Waals surface area contributed by atoms with Crippen LogP contribution in [0, 0.1) is 5.92 Å². The number of nitrogens with one attached hydrogen (secondary N) is 1. The first-order chi connectivity index (χ1) is 12.2. The Morgan fingerprint density at radius 1 is 1.32 bits per heavy atom. The fourth-order valence-electron chi connectivity index (χ4n) is 2.91. The number of anilines is 1. The molecule has 1 atom stereocenters. The zero-order chi connectivity index (χ0) is 17.6. The van der Waals surface area contributed by atoms with Crippen LogP contribution in [0.2, 0.25) is 0 Å². The molecule has 0 aliphatic carbocycles. The Morgan fingerprint density at radius 3 is 2.92 bits per heavy atom. The van der Waals surface area contributed by atoms with Crippen LogP contribution >= 0.6 is 0 Å². The van der Waals surface area contributed by atoms with Crippen molar-refractivity contribution in [1.29, 1.82) is 0 Å². The minimum absolute atomic E-state index is 0.0614. The van der Waals surface area contributed by atoms with Crippen LogP contribution in [0.15, 0.2) is 48.8 Å². The number of carbonyl (C=O) groups excluding carboxylic acids is 2. The van der Waals surface area contributed by atoms with E-state index >= 15 is 0 Å². The maximum atomic E-state index is 12.4. The fraction of sp³-hybridized carbons (Fsp3) is 0.316. The average Bonchev–Trinajstić information content (AvgIpc) is 3.03. The molecule has 2 amide bonds. The van der Waals surface area contributed by atoms with Gasteiger partial charge in [0.05, 0.1) is 18.2 Å². The Bertz CT molecular complexity index is 749. The van der Waals surface area contributed by atoms with Crippen molar-refractivity contribution in [2.24, 2.45) is 5.92 Å². The number of rotatable bonds is 6. The fourth-order valence-corrected chi connectivity index (χ4v) is 2.91. The van der Waals surface area contributed by atoms with E-state index in [1.165, 1.54) is 0 Å². The van der Waals surface area contributed by atoms with Crippen LogP contribution < -0.4 is 15.0 Å². The molecule has 1 N–H and O–H groups in total. The SMILES string of the molecule is CCOc1ccccc1N1CC(C(=O)NCc2cccnc2)CC1=O. The summed E-state index contributed by atoms with van der Waals surface area (Å²) in [5, 5.41) is 2.88. The number of carbonyl (C=O) groups is 2. The molecule has 2 aromatic rings. The van der Waals surface area contributed by atoms with Crippen molar-refractivity contribution in [3.63, 3.8) is 0 Å². The standard InChI is InChI=1S/C19H21N3O3/c1-2-25-17-8-4-3-7-16(17)22-13-15(10-18(22)23)19(24)21-12-14-6-5-9-20-11-14/h3-9,11,15H,2,10,12-13H2,1H3,(H,21,24). The molecule has 0 saturated carbocycles. The number of aromatic nitrogens is 1. The molecule has 1 saturated heterocycles. The van der Waals surface area contributed by atoms with Crippen LogP contribution in [0.1, 0.15) is 18.9 Å². The van der Waals surface area contributed by atoms with Crippen LogP contribution in [0.5, 0.6) is 5.75 Å². The number of hydrogen-bond acceptors (Lipinski definition) is 4. The number of pyridine rings is 1. The first-order valence-electron chi connectivity index (χ1n) is 8.38. The molecule has 1 aromatic carbocycles. The third-order valence-electron chi connectivity index (χ3n) is 4.14. The topological polar surface area (TPSA) is 71.5 Å². The number of hydrogen-bond donors (Lipinski definition) is 1. The number of amides is 2. The van der Waals surface area contributed by atoms with Gasteiger partial charge in [-0.15, -0.1) is 0 Å². The molecule has 1 unspecified atom stereocenters. The Morgan fingerprint density at radius 2 is 2.16 bits per heavy atom. The van der Waals surface area contributed by atoms with Gasteiger partial charge >= 0.3 is 0 Å². The van der Waals surface area contributed by atoms with Crippen LogP contribution in [-0.2, 0) is 16.1 Å². The monoisotopic (exact) mass is 339 g/mol. The normalized spacial score (nSPS) is 16.8. The number of ether oxygens (including phenoxy) is 1. The van der Waals surface area contributed by atoms with Gasteiger partial charge in [-0.3, -0.25) is 14.6 Å². The van der Waals surface area contributed by atoms with E-state index in [2.05, 4.69) is 10.3 Å². The molecule has 3 rings (SSSR count). The molecule has 0 spiro atoms. The Hall–Kier alpha value is -2.89. The second-order valence-corrected chi connectivity index (χ2v) is 5.89. The second kappa shape index (κ2) is 7.79. The van der Waals surface area contributed by atoms with Gasteiger partial charge in [-0.2, -0.15) is 0 Å². The average molecular weight is 339 g/mol. The van der Waals surface area contributed by atoms with Gasteiger partial charge in [0, 0.05) is 31.9 Å². The van der Waals surface area contributed by atoms with E-state index in [9.17, 15) is 9.59 Å². The molecule has 2 heterocycles. The van der Waals surface area contributed by atoms with Crippen molar-refractivity contribution >= 4 is 17.5 Å². The van der Waals surface area contributed by atoms with Crippen molar-refractivity contribution in [2.75, 3.05) is 18.1 Å². The molecule has 1 aliphatic rings. The predicted octanol–water partition coefficient (Wildman–Crippen LogP) is 2.15. The highest BCUT2D eigenvalue weighted by Crippen LogP contribution is 2.33. The molecule has 130 valence electrons. The summed E-state index contributed by atoms with van der Waals surface area (Å²) >= 11 is 0. The molecule has 6 heteroatoms. The number of benzene rings is 1. The Kier molecular flexibility index (Phi) is 5.28. The van der Waals surface area contributed by atoms with Crippen molar-refractivity contribution in [3.8, 4) is 5.75 Å². The van der Waals surface area contributed by atoms with Crippen LogP contribution in [-0.4, -0.2) is 29.9 Å². The zero-order valence-corrected chi connectivity index (χ0v) is 14.1. The van der Waals surface area contributed by atoms with E-state index < -0.39 is 0 Å². The quantitative estimate of drug-likeness (QED) is 0.875. The van der Waals surface area contributed by atoms with E-state index in [1.54, 1.807) is 17.3 Å². The van der Waals surface area contributed by atoms with Gasteiger partial charge in [0.25, 0.3) is 0 Å². The zero-order valence-electron chi connectivity index (χ0n) is 14.1. The van der Waals surface area contributed by atoms with E-state index in [1.807, 2.05) is 43.3 Å². The van der Waals surface area contributed by atoms with Gasteiger partial charge in [-0.25, -0.2) is 0 Å². The summed E-state index contributed by atoms with van der Waals surface area (Å²) in [6.07, 6.45) is 3.61. The summed E-state index contributed by atoms with van der Waals surface area (Å²) in [6.45, 7) is 3.19. The molecule has 0 bridgehead atoms. The Balaban J connectivity index is 1.65. The van der Waals surface area contributed by atoms with Crippen molar-refractivity contribution < 1.29 is 14.3 Å². The molecule has 1 aliphatic heterocycles. The summed E-state index contributed by atoms with van der Waals surface area (Å²) < 4.78 is 5.60. The van der Waals surface area contributed by atoms with Gasteiger partial charge in [-0.05, 0) is 30.7 Å². The lowest BCUT2D eigenvalue weighted by molar-refractivity contribution is -0.126. The summed E-state index contributed by atoms with van der Waals surface area (Å²) in [5.74, 6) is 0.121. The van der Waals surface area contributed by atoms with E-state index in [0.29, 0.717) is 25.4 Å². The highest BCUT2D eigenvalue weighted by Gasteiger charge is 2.36. The Labute approximate surface area is 146 Å². The third kappa shape index (κ3) is 3.96. The summed E-state index contributed by atoms with van der Waals surface area (Å²) in [7, 11) is 0. The van der Waals surface area contributed by atoms with Gasteiger partial charge in [-0.1, -0.05) is 18.2 Å². The molecule has 6 nitrogen and oxygen atoms in total. The molecule has 1 fully saturated rings. The van der Waals surface area contributed by atoms with Crippen LogP contribution in [0.25, 0.3) is 0 Å². The molecule has 1 aromatic heterocycles. The first-order valence-corrected chi connectivity index (χ1v) is 8.38. The van der Waals surface area contributed by atoms with Gasteiger partial charge < -0.3 is 15.0 Å². The maximum absolute atomic E-state index is 12.4. The van der Waals surface area contributed by atoms with E-state index in [0.717, 1.165) is 11.3 Å². The number of para-hydroxylation sites is 2. The van der Waals surface area contributed by atoms with Crippen molar-refractivity contribution in [1.82, 2.24) is 10.3 Å². The van der Waals surface area contributed by atoms with E-state index in [4.69, 9.17) is 4.74 Å². The van der Waals surface area contributed by atoms with Crippen molar-refractivity contribution in [3.05, 3.63) is 54.4 Å². The smallest absolute Gasteiger partial charge is 0.227 e. The van der Waals surface area contributed by atoms with Crippen molar-refractivity contribution in [2.45, 2.75) is 19.9 Å². The van der Waals surface area contributed by atoms with Gasteiger partial charge in [0.2, 0.25) is 11.8 Å². The third-order valence-corrected chi connectivity index (χ3v) is 4.14. The first kappa shape index (κ1) is 17.0. The van der Waals surface area contributed by atoms with Gasteiger partial charge in [0.1, 0.15) is 5.75 Å². The summed E-state index contributed by atoms with van der Waals surface area (Å²) in [5.41, 5.74) is 1.65. The highest BCUT2D eigenvalue weighted by molar-refractivity contribution is 6.01. The molecular formula is C19H21N3O3. The number of nitrogens with zero attached hydrogens (tertiary/aromatic N) is 2. The minimum Gasteiger partial charge on any atom is -0.492 e. The molecule has 25 heavy (non-hydrogen) atoms. The lowest BCUT2D eigenvalue weighted by Crippen LogP contribution is -2.32. The lowest BCUT2D eigenvalue weighted by atomic mass is 10.1. The van der Waals surface area contributed by atoms with Crippen LogP contribution in [0.4, 0.5) is 5.69 Å². The summed E-state index contributed by atoms with van der Waals surface area (Å²) in [4.78, 5) is 30.5. The van der Waals surface area contributed by atoms with Crippen LogP contribution in [0.3, 0.4) is 0 Å². The second-order valence-electron chi connectivity index (χ2n) is 5.89. The minimum atomic E-state index is -0.362. The highest BCUT2D eigenvalue weighted by atomic mass is 16.5. The molecule has 0 radical (unpaired) electrons. The maximum Gasteiger partial charge on any atom is 0.227 e. The van der Waals surface area contributed by atoms with E-state index in [-0.39, 0.29) is 24.2 Å². The summed E-state index contributed by atoms with van der Waals surface area (Å²) in [6, 6.07) is 11.1. The lowest BCUT2D eigenvalue weighted by Gasteiger charge is -2.20. The van der Waals surface area contributed by atoms with Gasteiger partial charge in [0.15, 0.2) is 0 Å².